The van der Waals surface area contributed by atoms with E-state index >= 15 is 0 Å². The molecule has 3 rings (SSSR count). The number of fused-ring (bicyclic) bond motifs is 1. The molecule has 3 aromatic rings. The van der Waals surface area contributed by atoms with Crippen LogP contribution in [-0.4, -0.2) is 16.6 Å². The Balaban J connectivity index is 1.78. The summed E-state index contributed by atoms with van der Waals surface area (Å²) in [6.07, 6.45) is 0. The largest absolute Gasteiger partial charge is 0.380 e. The first-order chi connectivity index (χ1) is 11.6. The second-order valence-electron chi connectivity index (χ2n) is 5.24. The van der Waals surface area contributed by atoms with Crippen LogP contribution in [0.3, 0.4) is 0 Å². The van der Waals surface area contributed by atoms with Crippen molar-refractivity contribution in [2.75, 3.05) is 11.1 Å². The molecule has 24 heavy (non-hydrogen) atoms. The maximum absolute atomic E-state index is 11.0. The molecular formula is C18H16ClN3OS. The average molecular weight is 358 g/mol. The van der Waals surface area contributed by atoms with Gasteiger partial charge in [-0.1, -0.05) is 41.9 Å². The van der Waals surface area contributed by atoms with Crippen LogP contribution >= 0.6 is 23.4 Å². The normalized spacial score (nSPS) is 10.7. The lowest BCUT2D eigenvalue weighted by Crippen LogP contribution is -2.13. The number of nitrogens with zero attached hydrogens (tertiary/aromatic N) is 1. The van der Waals surface area contributed by atoms with E-state index in [0.29, 0.717) is 11.7 Å². The number of thioether (sulfide) groups is 1. The molecule has 0 fully saturated rings. The molecule has 0 radical (unpaired) electrons. The lowest BCUT2D eigenvalue weighted by molar-refractivity contribution is -0.115. The minimum Gasteiger partial charge on any atom is -0.380 e. The number of anilines is 1. The van der Waals surface area contributed by atoms with E-state index in [4.69, 9.17) is 17.3 Å². The molecule has 0 unspecified atom stereocenters. The number of amides is 1. The van der Waals surface area contributed by atoms with Gasteiger partial charge in [0.15, 0.2) is 0 Å². The Kier molecular flexibility index (Phi) is 5.23. The molecule has 0 aliphatic rings. The molecule has 6 heteroatoms. The summed E-state index contributed by atoms with van der Waals surface area (Å²) in [4.78, 5) is 16.4. The zero-order valence-electron chi connectivity index (χ0n) is 12.8. The molecule has 0 saturated heterocycles. The number of nitrogens with two attached hydrogens (primary N) is 1. The fourth-order valence-corrected chi connectivity index (χ4v) is 3.32. The molecule has 0 spiro atoms. The predicted molar refractivity (Wildman–Crippen MR) is 100 cm³/mol. The molecule has 3 N–H and O–H groups in total. The third kappa shape index (κ3) is 3.99. The van der Waals surface area contributed by atoms with Crippen LogP contribution < -0.4 is 11.1 Å². The lowest BCUT2D eigenvalue weighted by atomic mass is 10.1. The van der Waals surface area contributed by atoms with Crippen LogP contribution in [-0.2, 0) is 11.3 Å². The number of hydrogen-bond acceptors (Lipinski definition) is 4. The minimum atomic E-state index is -0.337. The molecule has 122 valence electrons. The van der Waals surface area contributed by atoms with Gasteiger partial charge in [0.05, 0.1) is 11.3 Å². The number of benzene rings is 2. The SMILES string of the molecule is NC(=O)CSc1ccccc1NCc1cc2ccccc2nc1Cl. The van der Waals surface area contributed by atoms with Crippen molar-refractivity contribution in [1.29, 1.82) is 0 Å². The van der Waals surface area contributed by atoms with Gasteiger partial charge in [0.2, 0.25) is 5.91 Å². The Morgan fingerprint density at radius 3 is 2.75 bits per heavy atom. The molecular weight excluding hydrogens is 342 g/mol. The summed E-state index contributed by atoms with van der Waals surface area (Å²) >= 11 is 7.71. The standard InChI is InChI=1S/C18H16ClN3OS/c19-18-13(9-12-5-1-2-6-14(12)22-18)10-21-15-7-3-4-8-16(15)24-11-17(20)23/h1-9,21H,10-11H2,(H2,20,23). The second-order valence-corrected chi connectivity index (χ2v) is 6.61. The van der Waals surface area contributed by atoms with Crippen LogP contribution in [0.2, 0.25) is 5.15 Å². The quantitative estimate of drug-likeness (QED) is 0.515. The van der Waals surface area contributed by atoms with Crippen LogP contribution in [0.15, 0.2) is 59.5 Å². The van der Waals surface area contributed by atoms with E-state index < -0.39 is 0 Å². The van der Waals surface area contributed by atoms with Crippen LogP contribution in [0.4, 0.5) is 5.69 Å². The summed E-state index contributed by atoms with van der Waals surface area (Å²) in [7, 11) is 0. The van der Waals surface area contributed by atoms with Crippen molar-refractivity contribution in [3.05, 3.63) is 65.3 Å². The maximum atomic E-state index is 11.0. The highest BCUT2D eigenvalue weighted by atomic mass is 35.5. The van der Waals surface area contributed by atoms with Gasteiger partial charge in [-0.25, -0.2) is 4.98 Å². The van der Waals surface area contributed by atoms with Gasteiger partial charge in [-0.15, -0.1) is 11.8 Å². The number of rotatable bonds is 6. The van der Waals surface area contributed by atoms with Crippen LogP contribution in [0, 0.1) is 0 Å². The monoisotopic (exact) mass is 357 g/mol. The first kappa shape index (κ1) is 16.6. The van der Waals surface area contributed by atoms with Crippen LogP contribution in [0.5, 0.6) is 0 Å². The number of nitrogens with one attached hydrogen (secondary N) is 1. The molecule has 0 aliphatic heterocycles. The summed E-state index contributed by atoms with van der Waals surface area (Å²) in [5, 5.41) is 4.90. The van der Waals surface area contributed by atoms with Gasteiger partial charge in [0.25, 0.3) is 0 Å². The van der Waals surface area contributed by atoms with E-state index in [1.54, 1.807) is 0 Å². The van der Waals surface area contributed by atoms with Crippen molar-refractivity contribution in [3.63, 3.8) is 0 Å². The van der Waals surface area contributed by atoms with E-state index in [2.05, 4.69) is 10.3 Å². The molecule has 4 nitrogen and oxygen atoms in total. The number of hydrogen-bond donors (Lipinski definition) is 2. The minimum absolute atomic E-state index is 0.247. The third-order valence-electron chi connectivity index (χ3n) is 3.48. The Hall–Kier alpha value is -2.24. The molecule has 0 aliphatic carbocycles. The van der Waals surface area contributed by atoms with E-state index in [-0.39, 0.29) is 11.7 Å². The van der Waals surface area contributed by atoms with Crippen molar-refractivity contribution in [2.45, 2.75) is 11.4 Å². The number of halogens is 1. The van der Waals surface area contributed by atoms with Gasteiger partial charge in [-0.2, -0.15) is 0 Å². The first-order valence-electron chi connectivity index (χ1n) is 7.41. The van der Waals surface area contributed by atoms with Crippen LogP contribution in [0.1, 0.15) is 5.56 Å². The van der Waals surface area contributed by atoms with E-state index in [1.165, 1.54) is 11.8 Å². The van der Waals surface area contributed by atoms with Gasteiger partial charge >= 0.3 is 0 Å². The number of primary amides is 1. The zero-order valence-corrected chi connectivity index (χ0v) is 14.4. The highest BCUT2D eigenvalue weighted by molar-refractivity contribution is 8.00. The van der Waals surface area contributed by atoms with Crippen molar-refractivity contribution in [2.24, 2.45) is 5.73 Å². The number of carbonyl (C=O) groups excluding carboxylic acids is 1. The number of aromatic nitrogens is 1. The average Bonchev–Trinajstić information content (AvgIpc) is 2.58. The van der Waals surface area contributed by atoms with E-state index in [0.717, 1.165) is 27.0 Å². The van der Waals surface area contributed by atoms with Gasteiger partial charge in [-0.3, -0.25) is 4.79 Å². The Morgan fingerprint density at radius 2 is 1.92 bits per heavy atom. The maximum Gasteiger partial charge on any atom is 0.227 e. The molecule has 2 aromatic carbocycles. The van der Waals surface area contributed by atoms with Crippen molar-refractivity contribution in [1.82, 2.24) is 4.98 Å². The van der Waals surface area contributed by atoms with Gasteiger partial charge < -0.3 is 11.1 Å². The van der Waals surface area contributed by atoms with Gasteiger partial charge in [0.1, 0.15) is 5.15 Å². The molecule has 0 bridgehead atoms. The molecule has 0 atom stereocenters. The third-order valence-corrected chi connectivity index (χ3v) is 4.90. The number of para-hydroxylation sites is 2. The highest BCUT2D eigenvalue weighted by Crippen LogP contribution is 2.28. The molecule has 1 amide bonds. The van der Waals surface area contributed by atoms with Gasteiger partial charge in [-0.05, 0) is 24.3 Å². The number of pyridine rings is 1. The molecule has 1 aromatic heterocycles. The van der Waals surface area contributed by atoms with Crippen molar-refractivity contribution >= 4 is 45.9 Å². The van der Waals surface area contributed by atoms with Gasteiger partial charge in [0, 0.05) is 28.1 Å². The molecule has 0 saturated carbocycles. The van der Waals surface area contributed by atoms with Crippen LogP contribution in [0.25, 0.3) is 10.9 Å². The lowest BCUT2D eigenvalue weighted by Gasteiger charge is -2.12. The summed E-state index contributed by atoms with van der Waals surface area (Å²) < 4.78 is 0. The topological polar surface area (TPSA) is 68.0 Å². The predicted octanol–water partition coefficient (Wildman–Crippen LogP) is 4.08. The molecule has 1 heterocycles. The van der Waals surface area contributed by atoms with Crippen molar-refractivity contribution < 1.29 is 4.79 Å². The summed E-state index contributed by atoms with van der Waals surface area (Å²) in [6.45, 7) is 0.546. The first-order valence-corrected chi connectivity index (χ1v) is 8.78. The fourth-order valence-electron chi connectivity index (χ4n) is 2.34. The summed E-state index contributed by atoms with van der Waals surface area (Å²) in [6, 6.07) is 17.7. The zero-order chi connectivity index (χ0) is 16.9. The Labute approximate surface area is 149 Å². The van der Waals surface area contributed by atoms with E-state index in [1.807, 2.05) is 54.6 Å². The smallest absolute Gasteiger partial charge is 0.227 e. The second kappa shape index (κ2) is 7.55. The fraction of sp³-hybridized carbons (Fsp3) is 0.111. The summed E-state index contributed by atoms with van der Waals surface area (Å²) in [5.41, 5.74) is 7.96. The van der Waals surface area contributed by atoms with Crippen molar-refractivity contribution in [3.8, 4) is 0 Å². The highest BCUT2D eigenvalue weighted by Gasteiger charge is 2.07. The number of carbonyl (C=O) groups is 1. The summed E-state index contributed by atoms with van der Waals surface area (Å²) in [5.74, 6) is -0.0895. The van der Waals surface area contributed by atoms with E-state index in [9.17, 15) is 4.79 Å². The Bertz CT molecular complexity index is 885. The Morgan fingerprint density at radius 1 is 1.17 bits per heavy atom.